The smallest absolute Gasteiger partial charge is 0.0499 e. The minimum Gasteiger partial charge on any atom is -0.121 e. The molecule has 0 N–H and O–H groups in total. The molecule has 0 aliphatic rings. The van der Waals surface area contributed by atoms with Crippen LogP contribution in [0, 0.1) is 10.5 Å². The first kappa shape index (κ1) is 9.62. The first-order chi connectivity index (χ1) is 5.15. The average Bonchev–Trinajstić information content (AvgIpc) is 1.85. The average molecular weight is 301 g/mol. The Labute approximate surface area is 90.0 Å². The van der Waals surface area contributed by atoms with Crippen LogP contribution in [-0.4, -0.2) is 0 Å². The predicted molar refractivity (Wildman–Crippen MR) is 58.5 cm³/mol. The van der Waals surface area contributed by atoms with Crippen molar-refractivity contribution in [3.8, 4) is 0 Å². The topological polar surface area (TPSA) is 0 Å². The van der Waals surface area contributed by atoms with Gasteiger partial charge in [0.25, 0.3) is 0 Å². The summed E-state index contributed by atoms with van der Waals surface area (Å²) in [6.07, 6.45) is 0. The molecule has 60 valence electrons. The Morgan fingerprint density at radius 2 is 2.09 bits per heavy atom. The molecule has 0 spiro atoms. The van der Waals surface area contributed by atoms with Gasteiger partial charge in [0.15, 0.2) is 0 Å². The molecule has 0 aliphatic heterocycles. The molecular formula is C8H7Cl2I. The standard InChI is InChI=1S/C8H7Cl2I/c1-5-2-7(10)6(4-9)8(11)3-5/h2-3H,4H2,1H3. The molecular weight excluding hydrogens is 294 g/mol. The fourth-order valence-electron chi connectivity index (χ4n) is 0.857. The molecule has 0 saturated heterocycles. The lowest BCUT2D eigenvalue weighted by Crippen LogP contribution is -1.87. The van der Waals surface area contributed by atoms with Crippen LogP contribution in [0.1, 0.15) is 11.1 Å². The maximum Gasteiger partial charge on any atom is 0.0499 e. The van der Waals surface area contributed by atoms with E-state index in [9.17, 15) is 0 Å². The predicted octanol–water partition coefficient (Wildman–Crippen LogP) is 3.99. The van der Waals surface area contributed by atoms with E-state index in [4.69, 9.17) is 23.2 Å². The molecule has 1 aromatic rings. The van der Waals surface area contributed by atoms with E-state index >= 15 is 0 Å². The summed E-state index contributed by atoms with van der Waals surface area (Å²) in [7, 11) is 0. The van der Waals surface area contributed by atoms with E-state index in [0.717, 1.165) is 14.2 Å². The van der Waals surface area contributed by atoms with Crippen LogP contribution >= 0.6 is 45.8 Å². The molecule has 0 atom stereocenters. The third kappa shape index (κ3) is 2.23. The van der Waals surface area contributed by atoms with Crippen molar-refractivity contribution in [2.45, 2.75) is 12.8 Å². The first-order valence-corrected chi connectivity index (χ1v) is 5.14. The van der Waals surface area contributed by atoms with E-state index < -0.39 is 0 Å². The van der Waals surface area contributed by atoms with E-state index in [-0.39, 0.29) is 0 Å². The second-order valence-corrected chi connectivity index (χ2v) is 4.18. The maximum absolute atomic E-state index is 5.95. The highest BCUT2D eigenvalue weighted by Crippen LogP contribution is 2.25. The van der Waals surface area contributed by atoms with Crippen molar-refractivity contribution in [3.63, 3.8) is 0 Å². The molecule has 3 heteroatoms. The summed E-state index contributed by atoms with van der Waals surface area (Å²) in [5.41, 5.74) is 2.20. The van der Waals surface area contributed by atoms with E-state index in [1.807, 2.05) is 13.0 Å². The van der Waals surface area contributed by atoms with E-state index in [1.165, 1.54) is 5.56 Å². The molecule has 0 saturated carbocycles. The Morgan fingerprint density at radius 3 is 2.55 bits per heavy atom. The number of alkyl halides is 1. The lowest BCUT2D eigenvalue weighted by Gasteiger charge is -2.04. The molecule has 11 heavy (non-hydrogen) atoms. The van der Waals surface area contributed by atoms with Crippen LogP contribution < -0.4 is 0 Å². The Kier molecular flexibility index (Phi) is 3.47. The van der Waals surface area contributed by atoms with E-state index in [0.29, 0.717) is 5.88 Å². The van der Waals surface area contributed by atoms with Crippen molar-refractivity contribution in [2.24, 2.45) is 0 Å². The highest BCUT2D eigenvalue weighted by Gasteiger charge is 2.03. The Bertz CT molecular complexity index is 248. The molecule has 0 aliphatic carbocycles. The van der Waals surface area contributed by atoms with Gasteiger partial charge < -0.3 is 0 Å². The largest absolute Gasteiger partial charge is 0.121 e. The quantitative estimate of drug-likeness (QED) is 0.543. The lowest BCUT2D eigenvalue weighted by molar-refractivity contribution is 1.32. The number of benzene rings is 1. The fourth-order valence-corrected chi connectivity index (χ4v) is 2.91. The van der Waals surface area contributed by atoms with Crippen LogP contribution in [0.3, 0.4) is 0 Å². The summed E-state index contributed by atoms with van der Waals surface area (Å²) in [4.78, 5) is 0. The lowest BCUT2D eigenvalue weighted by atomic mass is 10.2. The van der Waals surface area contributed by atoms with Gasteiger partial charge in [-0.15, -0.1) is 11.6 Å². The first-order valence-electron chi connectivity index (χ1n) is 3.15. The zero-order chi connectivity index (χ0) is 8.43. The van der Waals surface area contributed by atoms with Gasteiger partial charge >= 0.3 is 0 Å². The number of hydrogen-bond donors (Lipinski definition) is 0. The summed E-state index contributed by atoms with van der Waals surface area (Å²) in [5.74, 6) is 0.484. The molecule has 0 aromatic heterocycles. The van der Waals surface area contributed by atoms with Crippen LogP contribution in [0.5, 0.6) is 0 Å². The van der Waals surface area contributed by atoms with Gasteiger partial charge in [-0.3, -0.25) is 0 Å². The third-order valence-corrected chi connectivity index (χ3v) is 2.99. The van der Waals surface area contributed by atoms with Crippen molar-refractivity contribution >= 4 is 45.8 Å². The summed E-state index contributed by atoms with van der Waals surface area (Å²) < 4.78 is 1.14. The second kappa shape index (κ2) is 3.97. The molecule has 0 amide bonds. The van der Waals surface area contributed by atoms with Crippen LogP contribution in [0.4, 0.5) is 0 Å². The molecule has 0 heterocycles. The number of hydrogen-bond acceptors (Lipinski definition) is 0. The summed E-state index contributed by atoms with van der Waals surface area (Å²) in [6.45, 7) is 2.02. The zero-order valence-corrected chi connectivity index (χ0v) is 9.67. The fraction of sp³-hybridized carbons (Fsp3) is 0.250. The van der Waals surface area contributed by atoms with Crippen LogP contribution in [-0.2, 0) is 5.88 Å². The van der Waals surface area contributed by atoms with Gasteiger partial charge in [0, 0.05) is 14.5 Å². The Hall–Kier alpha value is 0.530. The van der Waals surface area contributed by atoms with Crippen molar-refractivity contribution < 1.29 is 0 Å². The molecule has 0 nitrogen and oxygen atoms in total. The molecule has 1 aromatic carbocycles. The highest BCUT2D eigenvalue weighted by atomic mass is 127. The maximum atomic E-state index is 5.95. The molecule has 0 fully saturated rings. The Morgan fingerprint density at radius 1 is 1.45 bits per heavy atom. The van der Waals surface area contributed by atoms with E-state index in [2.05, 4.69) is 28.7 Å². The normalized spacial score (nSPS) is 10.2. The van der Waals surface area contributed by atoms with Gasteiger partial charge in [-0.25, -0.2) is 0 Å². The van der Waals surface area contributed by atoms with E-state index in [1.54, 1.807) is 0 Å². The van der Waals surface area contributed by atoms with Gasteiger partial charge in [-0.05, 0) is 52.8 Å². The Balaban J connectivity index is 3.25. The second-order valence-electron chi connectivity index (χ2n) is 2.34. The van der Waals surface area contributed by atoms with Crippen molar-refractivity contribution in [3.05, 3.63) is 31.9 Å². The molecule has 0 radical (unpaired) electrons. The summed E-state index contributed by atoms with van der Waals surface area (Å²) >= 11 is 13.9. The SMILES string of the molecule is Cc1cc(Cl)c(CCl)c(I)c1. The van der Waals surface area contributed by atoms with Crippen molar-refractivity contribution in [1.82, 2.24) is 0 Å². The molecule has 0 unspecified atom stereocenters. The van der Waals surface area contributed by atoms with Gasteiger partial charge in [0.05, 0.1) is 0 Å². The van der Waals surface area contributed by atoms with Gasteiger partial charge in [-0.2, -0.15) is 0 Å². The van der Waals surface area contributed by atoms with Gasteiger partial charge in [-0.1, -0.05) is 11.6 Å². The van der Waals surface area contributed by atoms with Crippen molar-refractivity contribution in [2.75, 3.05) is 0 Å². The van der Waals surface area contributed by atoms with Crippen molar-refractivity contribution in [1.29, 1.82) is 0 Å². The summed E-state index contributed by atoms with van der Waals surface area (Å²) in [6, 6.07) is 4.01. The molecule has 0 bridgehead atoms. The number of aryl methyl sites for hydroxylation is 1. The highest BCUT2D eigenvalue weighted by molar-refractivity contribution is 14.1. The monoisotopic (exact) mass is 300 g/mol. The third-order valence-electron chi connectivity index (χ3n) is 1.42. The minimum absolute atomic E-state index is 0.484. The van der Waals surface area contributed by atoms with Crippen LogP contribution in [0.25, 0.3) is 0 Å². The van der Waals surface area contributed by atoms with Gasteiger partial charge in [0.1, 0.15) is 0 Å². The van der Waals surface area contributed by atoms with Crippen LogP contribution in [0.15, 0.2) is 12.1 Å². The number of rotatable bonds is 1. The zero-order valence-electron chi connectivity index (χ0n) is 6.00. The van der Waals surface area contributed by atoms with Crippen LogP contribution in [0.2, 0.25) is 5.02 Å². The summed E-state index contributed by atoms with van der Waals surface area (Å²) in [5, 5.41) is 0.768. The number of halogens is 3. The van der Waals surface area contributed by atoms with Gasteiger partial charge in [0.2, 0.25) is 0 Å². The minimum atomic E-state index is 0.484. The molecule has 1 rings (SSSR count).